The number of anilines is 3. The van der Waals surface area contributed by atoms with Gasteiger partial charge in [0.15, 0.2) is 28.7 Å². The number of fused-ring (bicyclic) bond motifs is 1. The third-order valence-electron chi connectivity index (χ3n) is 15.8. The van der Waals surface area contributed by atoms with Gasteiger partial charge in [-0.2, -0.15) is 5.10 Å². The van der Waals surface area contributed by atoms with E-state index in [4.69, 9.17) is 25.0 Å². The summed E-state index contributed by atoms with van der Waals surface area (Å²) in [7, 11) is 0. The van der Waals surface area contributed by atoms with Crippen molar-refractivity contribution < 1.29 is 29.1 Å². The predicted molar refractivity (Wildman–Crippen MR) is 289 cm³/mol. The van der Waals surface area contributed by atoms with Crippen LogP contribution in [-0.2, 0) is 9.59 Å². The largest absolute Gasteiger partial charge is 0.507 e. The minimum Gasteiger partial charge on any atom is -0.507 e. The molecule has 2 unspecified atom stereocenters. The molecular formula is C55H66N14O6S. The van der Waals surface area contributed by atoms with Gasteiger partial charge in [0.25, 0.3) is 0 Å². The minimum absolute atomic E-state index is 0.0579. The van der Waals surface area contributed by atoms with Crippen molar-refractivity contribution in [3.05, 3.63) is 95.6 Å². The Morgan fingerprint density at radius 2 is 1.66 bits per heavy atom. The molecule has 0 spiro atoms. The number of nitrogen functional groups attached to an aromatic ring is 1. The summed E-state index contributed by atoms with van der Waals surface area (Å²) in [5.41, 5.74) is 13.6. The van der Waals surface area contributed by atoms with E-state index in [1.165, 1.54) is 4.90 Å². The predicted octanol–water partition coefficient (Wildman–Crippen LogP) is 6.78. The Bertz CT molecular complexity index is 3150. The Morgan fingerprint density at radius 3 is 2.38 bits per heavy atom. The number of carbonyl (C=O) groups excluding carboxylic acids is 2. The van der Waals surface area contributed by atoms with Crippen molar-refractivity contribution >= 4 is 51.8 Å². The molecule has 0 radical (unpaired) electrons. The lowest BCUT2D eigenvalue weighted by Crippen LogP contribution is -2.48. The molecule has 4 saturated heterocycles. The van der Waals surface area contributed by atoms with Gasteiger partial charge in [0.05, 0.1) is 57.9 Å². The summed E-state index contributed by atoms with van der Waals surface area (Å²) in [4.78, 5) is 51.5. The molecule has 398 valence electrons. The molecule has 7 aromatic rings. The lowest BCUT2D eigenvalue weighted by Gasteiger charge is -2.33. The number of nitrogens with one attached hydrogen (secondary N) is 1. The highest BCUT2D eigenvalue weighted by Gasteiger charge is 2.44. The maximum atomic E-state index is 14.4. The molecule has 4 aliphatic rings. The van der Waals surface area contributed by atoms with Crippen LogP contribution in [0.1, 0.15) is 94.3 Å². The summed E-state index contributed by atoms with van der Waals surface area (Å²) in [5.74, 6) is 2.16. The number of aryl methyl sites for hydroxylation is 1. The van der Waals surface area contributed by atoms with Gasteiger partial charge in [0.2, 0.25) is 17.8 Å². The summed E-state index contributed by atoms with van der Waals surface area (Å²) >= 11 is 1.60. The van der Waals surface area contributed by atoms with Crippen LogP contribution in [0.5, 0.6) is 11.5 Å². The smallest absolute Gasteiger partial charge is 0.243 e. The molecule has 4 aliphatic heterocycles. The molecule has 0 aliphatic carbocycles. The number of β-amino-alcohol motifs (C(OH)–C–C–N with tert-alkyl or cyclic N) is 1. The topological polar surface area (TPSA) is 243 Å². The molecule has 20 nitrogen and oxygen atoms in total. The first-order valence-electron chi connectivity index (χ1n) is 26.6. The van der Waals surface area contributed by atoms with E-state index in [2.05, 4.69) is 45.5 Å². The van der Waals surface area contributed by atoms with Crippen LogP contribution in [0.4, 0.5) is 17.6 Å². The molecule has 5 atom stereocenters. The number of hydrogen-bond donors (Lipinski definition) is 4. The highest BCUT2D eigenvalue weighted by Crippen LogP contribution is 2.37. The number of amides is 2. The van der Waals surface area contributed by atoms with Crippen LogP contribution < -0.4 is 25.6 Å². The zero-order valence-corrected chi connectivity index (χ0v) is 44.2. The monoisotopic (exact) mass is 1050 g/mol. The lowest BCUT2D eigenvalue weighted by atomic mass is 9.91. The van der Waals surface area contributed by atoms with E-state index >= 15 is 0 Å². The number of phenolic OH excluding ortho intramolecular Hbond substituents is 1. The van der Waals surface area contributed by atoms with Crippen LogP contribution in [0.2, 0.25) is 0 Å². The molecular weight excluding hydrogens is 985 g/mol. The highest BCUT2D eigenvalue weighted by atomic mass is 32.1. The maximum Gasteiger partial charge on any atom is 0.243 e. The lowest BCUT2D eigenvalue weighted by molar-refractivity contribution is -0.141. The molecule has 0 saturated carbocycles. The van der Waals surface area contributed by atoms with E-state index in [0.717, 1.165) is 105 Å². The Labute approximate surface area is 445 Å². The SMILES string of the molecule is Cc1ncsc1-c1ccc([C@H](C)NC(=O)[C@@H]2C[C@@H](O)CN2C(=O)C(c2cc(N3CCC(CN4CCC(Oc5cnc(N6CCC(n7nc(N)c8nnc(-c9ccccc9O)cc87)CC6)nc5)C4)CC3)no2)C(C)C)cc1. The van der Waals surface area contributed by atoms with Gasteiger partial charge in [-0.3, -0.25) is 19.2 Å². The Morgan fingerprint density at radius 1 is 0.908 bits per heavy atom. The fourth-order valence-electron chi connectivity index (χ4n) is 11.6. The molecule has 4 fully saturated rings. The number of para-hydroxylation sites is 1. The maximum absolute atomic E-state index is 14.4. The summed E-state index contributed by atoms with van der Waals surface area (Å²) < 4.78 is 14.3. The molecule has 2 aromatic carbocycles. The van der Waals surface area contributed by atoms with E-state index in [0.29, 0.717) is 51.8 Å². The number of aliphatic hydroxyl groups is 1. The van der Waals surface area contributed by atoms with Crippen LogP contribution in [0, 0.1) is 18.8 Å². The number of likely N-dealkylation sites (tertiary alicyclic amines) is 2. The number of nitrogens with two attached hydrogens (primary N) is 1. The average Bonchev–Trinajstić information content (AvgIpc) is 4.31. The first kappa shape index (κ1) is 50.9. The summed E-state index contributed by atoms with van der Waals surface area (Å²) in [6.07, 6.45) is 7.54. The first-order valence-corrected chi connectivity index (χ1v) is 27.5. The van der Waals surface area contributed by atoms with E-state index in [1.807, 2.05) is 86.4 Å². The number of aliphatic hydroxyl groups excluding tert-OH is 1. The van der Waals surface area contributed by atoms with Crippen molar-refractivity contribution in [2.24, 2.45) is 11.8 Å². The van der Waals surface area contributed by atoms with Crippen LogP contribution in [0.15, 0.2) is 83.1 Å². The number of aromatic hydroxyl groups is 1. The van der Waals surface area contributed by atoms with Gasteiger partial charge in [-0.25, -0.2) is 15.0 Å². The first-order chi connectivity index (χ1) is 36.8. The number of rotatable bonds is 15. The normalized spacial score (nSPS) is 20.7. The van der Waals surface area contributed by atoms with Gasteiger partial charge >= 0.3 is 0 Å². The second-order valence-corrected chi connectivity index (χ2v) is 22.1. The van der Waals surface area contributed by atoms with Crippen molar-refractivity contribution in [1.29, 1.82) is 0 Å². The van der Waals surface area contributed by atoms with Crippen molar-refractivity contribution in [1.82, 2.24) is 55.2 Å². The van der Waals surface area contributed by atoms with Crippen LogP contribution in [0.3, 0.4) is 0 Å². The van der Waals surface area contributed by atoms with Gasteiger partial charge in [-0.15, -0.1) is 21.5 Å². The van der Waals surface area contributed by atoms with Gasteiger partial charge in [-0.1, -0.05) is 55.4 Å². The Hall–Kier alpha value is -7.23. The molecule has 5 aromatic heterocycles. The number of phenols is 1. The molecule has 2 amide bonds. The third kappa shape index (κ3) is 10.6. The summed E-state index contributed by atoms with van der Waals surface area (Å²) in [6, 6.07) is 17.9. The molecule has 11 rings (SSSR count). The molecule has 21 heteroatoms. The number of aromatic nitrogens is 8. The zero-order chi connectivity index (χ0) is 52.6. The number of thiazole rings is 1. The second kappa shape index (κ2) is 21.8. The number of ether oxygens (including phenoxy) is 1. The van der Waals surface area contributed by atoms with Crippen molar-refractivity contribution in [3.8, 4) is 33.2 Å². The van der Waals surface area contributed by atoms with E-state index in [1.54, 1.807) is 35.9 Å². The minimum atomic E-state index is -0.811. The average molecular weight is 1050 g/mol. The molecule has 0 bridgehead atoms. The zero-order valence-electron chi connectivity index (χ0n) is 43.4. The molecule has 5 N–H and O–H groups in total. The summed E-state index contributed by atoms with van der Waals surface area (Å²) in [5, 5.41) is 42.1. The Kier molecular flexibility index (Phi) is 14.6. The number of piperidine rings is 2. The molecule has 9 heterocycles. The summed E-state index contributed by atoms with van der Waals surface area (Å²) in [6.45, 7) is 13.9. The van der Waals surface area contributed by atoms with Crippen molar-refractivity contribution in [3.63, 3.8) is 0 Å². The van der Waals surface area contributed by atoms with Crippen LogP contribution in [0.25, 0.3) is 32.7 Å². The van der Waals surface area contributed by atoms with Crippen LogP contribution >= 0.6 is 11.3 Å². The quantitative estimate of drug-likeness (QED) is 0.0827. The third-order valence-corrected chi connectivity index (χ3v) is 16.7. The highest BCUT2D eigenvalue weighted by molar-refractivity contribution is 7.13. The van der Waals surface area contributed by atoms with Gasteiger partial charge in [-0.05, 0) is 87.1 Å². The number of benzene rings is 2. The number of carbonyl (C=O) groups is 2. The number of nitrogens with zero attached hydrogens (tertiary/aromatic N) is 12. The Balaban J connectivity index is 0.630. The fraction of sp³-hybridized carbons (Fsp3) is 0.473. The second-order valence-electron chi connectivity index (χ2n) is 21.3. The van der Waals surface area contributed by atoms with Crippen LogP contribution in [-0.4, -0.2) is 143 Å². The standard InChI is InChI=1S/C55H66N14O6S/c1-32(2)49(54(73)68-29-39(70)23-45(68)53(72)60-33(3)36-9-11-37(12-10-36)51-34(4)59-31-76-51)47-25-48(64-75-47)66-19-13-35(14-20-66)28-65-18-17-40(30-65)74-41-26-57-55(58-27-41)67-21-15-38(16-22-67)69-44-24-43(42-7-5-6-8-46(42)71)61-62-50(44)52(56)63-69/h5-12,24-27,31-33,35,38-40,45,49,70-71H,13-23,28-30H2,1-4H3,(H2,56,63)(H,60,72)/t33-,39+,40?,45-,49?/m0/s1. The van der Waals surface area contributed by atoms with E-state index in [-0.39, 0.29) is 54.6 Å². The van der Waals surface area contributed by atoms with E-state index in [9.17, 15) is 19.8 Å². The van der Waals surface area contributed by atoms with Gasteiger partial charge < -0.3 is 45.2 Å². The van der Waals surface area contributed by atoms with E-state index < -0.39 is 18.1 Å². The number of hydrogen-bond acceptors (Lipinski definition) is 18. The van der Waals surface area contributed by atoms with Gasteiger partial charge in [0, 0.05) is 70.4 Å². The van der Waals surface area contributed by atoms with Crippen molar-refractivity contribution in [2.45, 2.75) is 102 Å². The molecule has 76 heavy (non-hydrogen) atoms. The fourth-order valence-corrected chi connectivity index (χ4v) is 12.4. The van der Waals surface area contributed by atoms with Crippen molar-refractivity contribution in [2.75, 3.05) is 67.9 Å². The van der Waals surface area contributed by atoms with Gasteiger partial charge in [0.1, 0.15) is 23.8 Å².